The minimum Gasteiger partial charge on any atom is -0.494 e. The number of halogens is 1. The molecule has 7 nitrogen and oxygen atoms in total. The van der Waals surface area contributed by atoms with E-state index in [2.05, 4.69) is 10.3 Å². The van der Waals surface area contributed by atoms with Crippen molar-refractivity contribution in [2.75, 3.05) is 13.2 Å². The highest BCUT2D eigenvalue weighted by Gasteiger charge is 2.29. The van der Waals surface area contributed by atoms with Crippen LogP contribution in [0.5, 0.6) is 11.5 Å². The third-order valence-electron chi connectivity index (χ3n) is 4.71. The number of hydrogen-bond donors (Lipinski definition) is 1. The summed E-state index contributed by atoms with van der Waals surface area (Å²) in [5.74, 6) is 1.02. The SMILES string of the molecule is CCOc1ccc(-c2cc(=O)n(CCNC(=O)C(C)(C)Oc3ccc(Cl)cc3)cn2)cc1. The Labute approximate surface area is 192 Å². The zero-order chi connectivity index (χ0) is 23.1. The van der Waals surface area contributed by atoms with Crippen molar-refractivity contribution in [1.29, 1.82) is 0 Å². The lowest BCUT2D eigenvalue weighted by Crippen LogP contribution is -2.47. The van der Waals surface area contributed by atoms with Crippen molar-refractivity contribution in [3.8, 4) is 22.8 Å². The van der Waals surface area contributed by atoms with E-state index >= 15 is 0 Å². The van der Waals surface area contributed by atoms with Crippen LogP contribution in [-0.4, -0.2) is 34.2 Å². The third-order valence-corrected chi connectivity index (χ3v) is 4.96. The van der Waals surface area contributed by atoms with Crippen LogP contribution < -0.4 is 20.3 Å². The predicted molar refractivity (Wildman–Crippen MR) is 124 cm³/mol. The summed E-state index contributed by atoms with van der Waals surface area (Å²) in [6, 6.07) is 15.7. The minimum atomic E-state index is -1.09. The number of benzene rings is 2. The molecule has 0 radical (unpaired) electrons. The van der Waals surface area contributed by atoms with E-state index in [0.717, 1.165) is 11.3 Å². The van der Waals surface area contributed by atoms with Crippen molar-refractivity contribution in [2.24, 2.45) is 0 Å². The Hall–Kier alpha value is -3.32. The van der Waals surface area contributed by atoms with Gasteiger partial charge in [0.1, 0.15) is 11.5 Å². The zero-order valence-corrected chi connectivity index (χ0v) is 19.1. The van der Waals surface area contributed by atoms with E-state index in [1.807, 2.05) is 31.2 Å². The molecular formula is C24H26ClN3O4. The van der Waals surface area contributed by atoms with Crippen LogP contribution in [0.4, 0.5) is 0 Å². The van der Waals surface area contributed by atoms with E-state index in [-0.39, 0.29) is 24.6 Å². The van der Waals surface area contributed by atoms with Crippen LogP contribution in [0.15, 0.2) is 65.7 Å². The molecule has 0 spiro atoms. The van der Waals surface area contributed by atoms with E-state index < -0.39 is 5.60 Å². The predicted octanol–water partition coefficient (Wildman–Crippen LogP) is 3.94. The molecule has 0 fully saturated rings. The van der Waals surface area contributed by atoms with Crippen LogP contribution in [0.1, 0.15) is 20.8 Å². The van der Waals surface area contributed by atoms with Gasteiger partial charge in [0.2, 0.25) is 0 Å². The molecule has 1 amide bonds. The Bertz CT molecular complexity index is 1110. The number of hydrogen-bond acceptors (Lipinski definition) is 5. The fraction of sp³-hybridized carbons (Fsp3) is 0.292. The van der Waals surface area contributed by atoms with Crippen LogP contribution >= 0.6 is 11.6 Å². The van der Waals surface area contributed by atoms with Gasteiger partial charge in [0.15, 0.2) is 5.60 Å². The van der Waals surface area contributed by atoms with Crippen molar-refractivity contribution >= 4 is 17.5 Å². The van der Waals surface area contributed by atoms with Crippen LogP contribution in [0, 0.1) is 0 Å². The Morgan fingerprint density at radius 3 is 2.38 bits per heavy atom. The molecule has 32 heavy (non-hydrogen) atoms. The molecule has 1 aromatic heterocycles. The quantitative estimate of drug-likeness (QED) is 0.528. The van der Waals surface area contributed by atoms with Crippen LogP contribution in [0.2, 0.25) is 5.02 Å². The lowest BCUT2D eigenvalue weighted by Gasteiger charge is -2.25. The lowest BCUT2D eigenvalue weighted by molar-refractivity contribution is -0.134. The Morgan fingerprint density at radius 2 is 1.75 bits per heavy atom. The Morgan fingerprint density at radius 1 is 1.09 bits per heavy atom. The van der Waals surface area contributed by atoms with Gasteiger partial charge in [-0.2, -0.15) is 0 Å². The molecule has 0 aliphatic rings. The van der Waals surface area contributed by atoms with Gasteiger partial charge in [-0.15, -0.1) is 0 Å². The topological polar surface area (TPSA) is 82.5 Å². The maximum atomic E-state index is 12.5. The molecule has 1 heterocycles. The van der Waals surface area contributed by atoms with Gasteiger partial charge in [-0.3, -0.25) is 14.2 Å². The zero-order valence-electron chi connectivity index (χ0n) is 18.3. The third kappa shape index (κ3) is 6.11. The van der Waals surface area contributed by atoms with Gasteiger partial charge in [0.25, 0.3) is 11.5 Å². The average Bonchev–Trinajstić information content (AvgIpc) is 2.77. The fourth-order valence-corrected chi connectivity index (χ4v) is 3.11. The largest absolute Gasteiger partial charge is 0.494 e. The summed E-state index contributed by atoms with van der Waals surface area (Å²) < 4.78 is 12.7. The molecule has 2 aromatic carbocycles. The number of amides is 1. The van der Waals surface area contributed by atoms with E-state index in [0.29, 0.717) is 23.1 Å². The molecule has 168 valence electrons. The summed E-state index contributed by atoms with van der Waals surface area (Å²) >= 11 is 5.87. The number of rotatable bonds is 9. The maximum absolute atomic E-state index is 12.5. The molecule has 0 aliphatic carbocycles. The summed E-state index contributed by atoms with van der Waals surface area (Å²) in [5, 5.41) is 3.39. The number of nitrogens with zero attached hydrogens (tertiary/aromatic N) is 2. The summed E-state index contributed by atoms with van der Waals surface area (Å²) in [5.41, 5.74) is 0.118. The molecule has 0 bridgehead atoms. The molecule has 0 aliphatic heterocycles. The second-order valence-electron chi connectivity index (χ2n) is 7.59. The molecule has 0 unspecified atom stereocenters. The number of ether oxygens (including phenoxy) is 2. The van der Waals surface area contributed by atoms with Gasteiger partial charge >= 0.3 is 0 Å². The first-order chi connectivity index (χ1) is 15.3. The van der Waals surface area contributed by atoms with E-state index in [1.165, 1.54) is 17.0 Å². The smallest absolute Gasteiger partial charge is 0.263 e. The van der Waals surface area contributed by atoms with Gasteiger partial charge in [-0.1, -0.05) is 11.6 Å². The number of carbonyl (C=O) groups is 1. The van der Waals surface area contributed by atoms with Gasteiger partial charge in [0.05, 0.1) is 18.6 Å². The highest BCUT2D eigenvalue weighted by atomic mass is 35.5. The van der Waals surface area contributed by atoms with E-state index in [9.17, 15) is 9.59 Å². The molecule has 1 N–H and O–H groups in total. The number of aromatic nitrogens is 2. The summed E-state index contributed by atoms with van der Waals surface area (Å²) in [6.45, 7) is 6.42. The fourth-order valence-electron chi connectivity index (χ4n) is 2.99. The molecule has 3 aromatic rings. The standard InChI is InChI=1S/C24H26ClN3O4/c1-4-31-19-9-5-17(6-10-19)21-15-22(29)28(16-27-21)14-13-26-23(30)24(2,3)32-20-11-7-18(25)8-12-20/h5-12,15-16H,4,13-14H2,1-3H3,(H,26,30). The first-order valence-electron chi connectivity index (χ1n) is 10.3. The maximum Gasteiger partial charge on any atom is 0.263 e. The van der Waals surface area contributed by atoms with Gasteiger partial charge in [0, 0.05) is 29.7 Å². The molecule has 3 rings (SSSR count). The number of nitrogens with one attached hydrogen (secondary N) is 1. The van der Waals surface area contributed by atoms with Crippen LogP contribution in [0.3, 0.4) is 0 Å². The molecular weight excluding hydrogens is 430 g/mol. The van der Waals surface area contributed by atoms with Crippen molar-refractivity contribution in [1.82, 2.24) is 14.9 Å². The Balaban J connectivity index is 1.56. The van der Waals surface area contributed by atoms with E-state index in [4.69, 9.17) is 21.1 Å². The first-order valence-corrected chi connectivity index (χ1v) is 10.7. The molecule has 0 saturated heterocycles. The van der Waals surface area contributed by atoms with E-state index in [1.54, 1.807) is 38.1 Å². The monoisotopic (exact) mass is 455 g/mol. The summed E-state index contributed by atoms with van der Waals surface area (Å²) in [7, 11) is 0. The Kier molecular flexibility index (Phi) is 7.53. The van der Waals surface area contributed by atoms with Gasteiger partial charge < -0.3 is 14.8 Å². The summed E-state index contributed by atoms with van der Waals surface area (Å²) in [6.07, 6.45) is 1.48. The second kappa shape index (κ2) is 10.3. The highest BCUT2D eigenvalue weighted by Crippen LogP contribution is 2.21. The first kappa shape index (κ1) is 23.3. The van der Waals surface area contributed by atoms with Crippen LogP contribution in [0.25, 0.3) is 11.3 Å². The van der Waals surface area contributed by atoms with Crippen LogP contribution in [-0.2, 0) is 11.3 Å². The van der Waals surface area contributed by atoms with Crippen molar-refractivity contribution in [3.63, 3.8) is 0 Å². The molecule has 8 heteroatoms. The van der Waals surface area contributed by atoms with Gasteiger partial charge in [-0.05, 0) is 69.3 Å². The van der Waals surface area contributed by atoms with Crippen molar-refractivity contribution in [2.45, 2.75) is 32.9 Å². The normalized spacial score (nSPS) is 11.1. The molecule has 0 saturated carbocycles. The highest BCUT2D eigenvalue weighted by molar-refractivity contribution is 6.30. The summed E-state index contributed by atoms with van der Waals surface area (Å²) in [4.78, 5) is 29.4. The van der Waals surface area contributed by atoms with Crippen molar-refractivity contribution < 1.29 is 14.3 Å². The lowest BCUT2D eigenvalue weighted by atomic mass is 10.1. The number of carbonyl (C=O) groups excluding carboxylic acids is 1. The minimum absolute atomic E-state index is 0.199. The second-order valence-corrected chi connectivity index (χ2v) is 8.02. The van der Waals surface area contributed by atoms with Gasteiger partial charge in [-0.25, -0.2) is 4.98 Å². The van der Waals surface area contributed by atoms with Crippen molar-refractivity contribution in [3.05, 3.63) is 76.3 Å². The average molecular weight is 456 g/mol. The molecule has 0 atom stereocenters.